The Kier molecular flexibility index (Phi) is 4.23. The average molecular weight is 339 g/mol. The van der Waals surface area contributed by atoms with Crippen molar-refractivity contribution in [3.63, 3.8) is 0 Å². The molecule has 0 radical (unpaired) electrons. The van der Waals surface area contributed by atoms with Gasteiger partial charge in [0.2, 0.25) is 0 Å². The van der Waals surface area contributed by atoms with Crippen LogP contribution >= 0.6 is 0 Å². The summed E-state index contributed by atoms with van der Waals surface area (Å²) in [4.78, 5) is 14.8. The molecule has 0 amide bonds. The van der Waals surface area contributed by atoms with Crippen molar-refractivity contribution in [3.8, 4) is 0 Å². The second-order valence-electron chi connectivity index (χ2n) is 6.30. The van der Waals surface area contributed by atoms with Gasteiger partial charge in [-0.2, -0.15) is 13.2 Å². The molecule has 2 aromatic heterocycles. The fourth-order valence-electron chi connectivity index (χ4n) is 3.20. The standard InChI is InChI=1S/C16H20F3N5/c1-10-7-20-11(2)14(21-10)24-6-4-5-12(8-24)15-22-13(9-23(15)3)16(17,18)19/h7,9,12H,4-6,8H2,1-3H3/t12-/m0/s1. The van der Waals surface area contributed by atoms with E-state index in [1.54, 1.807) is 13.2 Å². The Morgan fingerprint density at radius 2 is 1.96 bits per heavy atom. The lowest BCUT2D eigenvalue weighted by atomic mass is 9.97. The zero-order valence-corrected chi connectivity index (χ0v) is 13.9. The Bertz CT molecular complexity index is 738. The quantitative estimate of drug-likeness (QED) is 0.843. The summed E-state index contributed by atoms with van der Waals surface area (Å²) < 4.78 is 40.1. The van der Waals surface area contributed by atoms with Crippen LogP contribution in [0.1, 0.15) is 41.7 Å². The number of hydrogen-bond donors (Lipinski definition) is 0. The van der Waals surface area contributed by atoms with Gasteiger partial charge < -0.3 is 9.47 Å². The first-order chi connectivity index (χ1) is 11.3. The van der Waals surface area contributed by atoms with Crippen molar-refractivity contribution in [2.75, 3.05) is 18.0 Å². The summed E-state index contributed by atoms with van der Waals surface area (Å²) in [5.74, 6) is 1.23. The number of rotatable bonds is 2. The van der Waals surface area contributed by atoms with Gasteiger partial charge in [0.15, 0.2) is 5.69 Å². The van der Waals surface area contributed by atoms with Crippen LogP contribution in [0.5, 0.6) is 0 Å². The van der Waals surface area contributed by atoms with E-state index in [2.05, 4.69) is 19.9 Å². The van der Waals surface area contributed by atoms with Crippen LogP contribution in [-0.2, 0) is 13.2 Å². The van der Waals surface area contributed by atoms with Crippen molar-refractivity contribution >= 4 is 5.82 Å². The molecule has 0 spiro atoms. The minimum Gasteiger partial charge on any atom is -0.354 e. The summed E-state index contributed by atoms with van der Waals surface area (Å²) in [6.07, 6.45) is 0.0640. The van der Waals surface area contributed by atoms with Gasteiger partial charge in [-0.3, -0.25) is 4.98 Å². The molecule has 8 heteroatoms. The van der Waals surface area contributed by atoms with Gasteiger partial charge in [0.05, 0.1) is 11.4 Å². The number of nitrogens with zero attached hydrogens (tertiary/aromatic N) is 5. The van der Waals surface area contributed by atoms with E-state index in [4.69, 9.17) is 0 Å². The molecule has 1 aliphatic rings. The van der Waals surface area contributed by atoms with Crippen molar-refractivity contribution in [1.29, 1.82) is 0 Å². The molecule has 5 nitrogen and oxygen atoms in total. The van der Waals surface area contributed by atoms with Crippen LogP contribution in [0.4, 0.5) is 19.0 Å². The molecule has 0 saturated carbocycles. The Morgan fingerprint density at radius 1 is 1.21 bits per heavy atom. The number of anilines is 1. The largest absolute Gasteiger partial charge is 0.434 e. The molecule has 1 fully saturated rings. The molecule has 0 aromatic carbocycles. The summed E-state index contributed by atoms with van der Waals surface area (Å²) in [5, 5.41) is 0. The topological polar surface area (TPSA) is 46.8 Å². The molecule has 0 unspecified atom stereocenters. The number of piperidine rings is 1. The molecule has 0 bridgehead atoms. The van der Waals surface area contributed by atoms with E-state index < -0.39 is 11.9 Å². The summed E-state index contributed by atoms with van der Waals surface area (Å²) >= 11 is 0. The van der Waals surface area contributed by atoms with Gasteiger partial charge in [0.25, 0.3) is 0 Å². The minimum absolute atomic E-state index is 0.0541. The smallest absolute Gasteiger partial charge is 0.354 e. The van der Waals surface area contributed by atoms with Gasteiger partial charge in [0.1, 0.15) is 11.6 Å². The summed E-state index contributed by atoms with van der Waals surface area (Å²) in [7, 11) is 1.62. The highest BCUT2D eigenvalue weighted by atomic mass is 19.4. The molecule has 24 heavy (non-hydrogen) atoms. The zero-order valence-electron chi connectivity index (χ0n) is 13.9. The maximum Gasteiger partial charge on any atom is 0.434 e. The Labute approximate surface area is 138 Å². The first-order valence-corrected chi connectivity index (χ1v) is 7.91. The Morgan fingerprint density at radius 3 is 2.62 bits per heavy atom. The third-order valence-electron chi connectivity index (χ3n) is 4.34. The Balaban J connectivity index is 1.86. The molecule has 3 heterocycles. The Hall–Kier alpha value is -2.12. The maximum atomic E-state index is 12.9. The van der Waals surface area contributed by atoms with E-state index in [9.17, 15) is 13.2 Å². The van der Waals surface area contributed by atoms with Crippen LogP contribution in [0.2, 0.25) is 0 Å². The molecular weight excluding hydrogens is 319 g/mol. The van der Waals surface area contributed by atoms with Crippen molar-refractivity contribution < 1.29 is 13.2 Å². The van der Waals surface area contributed by atoms with Crippen LogP contribution in [-0.4, -0.2) is 32.6 Å². The predicted molar refractivity (Wildman–Crippen MR) is 83.9 cm³/mol. The van der Waals surface area contributed by atoms with E-state index >= 15 is 0 Å². The third kappa shape index (κ3) is 3.22. The molecule has 1 saturated heterocycles. The maximum absolute atomic E-state index is 12.9. The van der Waals surface area contributed by atoms with Crippen LogP contribution < -0.4 is 4.90 Å². The molecule has 2 aromatic rings. The molecule has 1 atom stereocenters. The molecule has 3 rings (SSSR count). The second-order valence-corrected chi connectivity index (χ2v) is 6.30. The fraction of sp³-hybridized carbons (Fsp3) is 0.562. The van der Waals surface area contributed by atoms with Crippen LogP contribution in [0.3, 0.4) is 0 Å². The number of aryl methyl sites for hydroxylation is 3. The molecule has 130 valence electrons. The van der Waals surface area contributed by atoms with E-state index in [0.717, 1.165) is 42.8 Å². The highest BCUT2D eigenvalue weighted by molar-refractivity contribution is 5.44. The first kappa shape index (κ1) is 16.7. The third-order valence-corrected chi connectivity index (χ3v) is 4.34. The van der Waals surface area contributed by atoms with E-state index in [1.807, 2.05) is 13.8 Å². The normalized spacial score (nSPS) is 18.9. The molecule has 0 aliphatic carbocycles. The van der Waals surface area contributed by atoms with Gasteiger partial charge in [-0.1, -0.05) is 0 Å². The van der Waals surface area contributed by atoms with Crippen molar-refractivity contribution in [1.82, 2.24) is 19.5 Å². The van der Waals surface area contributed by atoms with Crippen molar-refractivity contribution in [3.05, 3.63) is 35.3 Å². The van der Waals surface area contributed by atoms with Gasteiger partial charge in [-0.05, 0) is 26.7 Å². The van der Waals surface area contributed by atoms with Crippen LogP contribution in [0.25, 0.3) is 0 Å². The number of alkyl halides is 3. The zero-order chi connectivity index (χ0) is 17.5. The monoisotopic (exact) mass is 339 g/mol. The lowest BCUT2D eigenvalue weighted by Gasteiger charge is -2.33. The van der Waals surface area contributed by atoms with Crippen LogP contribution in [0.15, 0.2) is 12.4 Å². The number of aromatic nitrogens is 4. The lowest BCUT2D eigenvalue weighted by Crippen LogP contribution is -2.36. The average Bonchev–Trinajstić information content (AvgIpc) is 2.92. The van der Waals surface area contributed by atoms with Gasteiger partial charge in [0, 0.05) is 38.4 Å². The highest BCUT2D eigenvalue weighted by Gasteiger charge is 2.36. The SMILES string of the molecule is Cc1cnc(C)c(N2CCC[C@H](c3nc(C(F)(F)F)cn3C)C2)n1. The van der Waals surface area contributed by atoms with Gasteiger partial charge >= 0.3 is 6.18 Å². The molecule has 0 N–H and O–H groups in total. The van der Waals surface area contributed by atoms with E-state index in [1.165, 1.54) is 4.57 Å². The number of imidazole rings is 1. The van der Waals surface area contributed by atoms with Crippen LogP contribution in [0, 0.1) is 13.8 Å². The van der Waals surface area contributed by atoms with Gasteiger partial charge in [-0.25, -0.2) is 9.97 Å². The second kappa shape index (κ2) is 6.07. The van der Waals surface area contributed by atoms with Gasteiger partial charge in [-0.15, -0.1) is 0 Å². The molecular formula is C16H20F3N5. The van der Waals surface area contributed by atoms with E-state index in [-0.39, 0.29) is 5.92 Å². The van der Waals surface area contributed by atoms with Crippen molar-refractivity contribution in [2.24, 2.45) is 7.05 Å². The number of hydrogen-bond acceptors (Lipinski definition) is 4. The van der Waals surface area contributed by atoms with Crippen molar-refractivity contribution in [2.45, 2.75) is 38.8 Å². The van der Waals surface area contributed by atoms with E-state index in [0.29, 0.717) is 12.4 Å². The molecule has 1 aliphatic heterocycles. The summed E-state index contributed by atoms with van der Waals surface area (Å²) in [6, 6.07) is 0. The highest BCUT2D eigenvalue weighted by Crippen LogP contribution is 2.33. The summed E-state index contributed by atoms with van der Waals surface area (Å²) in [5.41, 5.74) is 0.829. The summed E-state index contributed by atoms with van der Waals surface area (Å²) in [6.45, 7) is 5.20. The lowest BCUT2D eigenvalue weighted by molar-refractivity contribution is -0.141. The first-order valence-electron chi connectivity index (χ1n) is 7.91. The number of halogens is 3. The predicted octanol–water partition coefficient (Wildman–Crippen LogP) is 3.23. The minimum atomic E-state index is -4.41. The fourth-order valence-corrected chi connectivity index (χ4v) is 3.20.